The quantitative estimate of drug-likeness (QED) is 0.821. The molecule has 0 saturated heterocycles. The molecule has 0 aliphatic rings. The zero-order valence-electron chi connectivity index (χ0n) is 11.9. The van der Waals surface area contributed by atoms with Crippen LogP contribution in [-0.4, -0.2) is 24.4 Å². The van der Waals surface area contributed by atoms with Crippen LogP contribution in [0, 0.1) is 11.8 Å². The first-order chi connectivity index (χ1) is 8.92. The summed E-state index contributed by atoms with van der Waals surface area (Å²) in [4.78, 5) is 15.2. The van der Waals surface area contributed by atoms with Crippen molar-refractivity contribution in [2.24, 2.45) is 17.6 Å². The third kappa shape index (κ3) is 6.06. The van der Waals surface area contributed by atoms with Gasteiger partial charge in [0.2, 0.25) is 5.91 Å². The summed E-state index contributed by atoms with van der Waals surface area (Å²) in [5.74, 6) is 1.06. The number of rotatable bonds is 7. The van der Waals surface area contributed by atoms with E-state index in [4.69, 9.17) is 5.73 Å². The number of amides is 1. The van der Waals surface area contributed by atoms with Gasteiger partial charge in [-0.15, -0.1) is 11.3 Å². The molecule has 1 aromatic heterocycles. The fraction of sp³-hybridized carbons (Fsp3) is 0.643. The van der Waals surface area contributed by atoms with Gasteiger partial charge in [-0.1, -0.05) is 13.8 Å². The van der Waals surface area contributed by atoms with Crippen LogP contribution in [0.3, 0.4) is 0 Å². The van der Waals surface area contributed by atoms with Gasteiger partial charge in [0, 0.05) is 28.2 Å². The Hall–Kier alpha value is -0.390. The van der Waals surface area contributed by atoms with Crippen LogP contribution in [0.15, 0.2) is 15.9 Å². The lowest BCUT2D eigenvalue weighted by atomic mass is 9.94. The standard InChI is InChI=1S/C14H23BrN2OS/c1-10(2)4-11(7-16)5-14(18)17(3)8-13-6-12(15)9-19-13/h6,9-11H,4-5,7-8,16H2,1-3H3. The first-order valence-corrected chi connectivity index (χ1v) is 8.26. The van der Waals surface area contributed by atoms with E-state index in [-0.39, 0.29) is 5.91 Å². The topological polar surface area (TPSA) is 46.3 Å². The predicted molar refractivity (Wildman–Crippen MR) is 85.1 cm³/mol. The molecule has 1 atom stereocenters. The van der Waals surface area contributed by atoms with Gasteiger partial charge in [-0.25, -0.2) is 0 Å². The zero-order valence-corrected chi connectivity index (χ0v) is 14.3. The molecule has 1 aromatic rings. The Morgan fingerprint density at radius 2 is 2.21 bits per heavy atom. The van der Waals surface area contributed by atoms with Crippen LogP contribution >= 0.6 is 27.3 Å². The summed E-state index contributed by atoms with van der Waals surface area (Å²) in [6, 6.07) is 2.06. The maximum atomic E-state index is 12.2. The molecule has 19 heavy (non-hydrogen) atoms. The fourth-order valence-electron chi connectivity index (χ4n) is 2.09. The largest absolute Gasteiger partial charge is 0.341 e. The van der Waals surface area contributed by atoms with Gasteiger partial charge >= 0.3 is 0 Å². The van der Waals surface area contributed by atoms with E-state index in [1.165, 1.54) is 4.88 Å². The fourth-order valence-corrected chi connectivity index (χ4v) is 3.59. The second kappa shape index (κ2) is 8.02. The van der Waals surface area contributed by atoms with Gasteiger partial charge in [0.05, 0.1) is 6.54 Å². The van der Waals surface area contributed by atoms with Gasteiger partial charge in [0.15, 0.2) is 0 Å². The molecule has 0 aromatic carbocycles. The summed E-state index contributed by atoms with van der Waals surface area (Å²) in [6.07, 6.45) is 1.57. The Labute approximate surface area is 128 Å². The molecule has 0 spiro atoms. The second-order valence-electron chi connectivity index (χ2n) is 5.42. The molecule has 1 amide bonds. The minimum absolute atomic E-state index is 0.181. The second-order valence-corrected chi connectivity index (χ2v) is 7.33. The first-order valence-electron chi connectivity index (χ1n) is 6.59. The molecular formula is C14H23BrN2OS. The third-order valence-electron chi connectivity index (χ3n) is 3.04. The highest BCUT2D eigenvalue weighted by Gasteiger charge is 2.17. The summed E-state index contributed by atoms with van der Waals surface area (Å²) in [5, 5.41) is 2.04. The summed E-state index contributed by atoms with van der Waals surface area (Å²) in [5.41, 5.74) is 5.75. The minimum atomic E-state index is 0.181. The van der Waals surface area contributed by atoms with Crippen LogP contribution in [0.2, 0.25) is 0 Å². The van der Waals surface area contributed by atoms with Crippen LogP contribution in [0.25, 0.3) is 0 Å². The number of thiophene rings is 1. The van der Waals surface area contributed by atoms with Crippen molar-refractivity contribution >= 4 is 33.2 Å². The average molecular weight is 347 g/mol. The van der Waals surface area contributed by atoms with Crippen LogP contribution < -0.4 is 5.73 Å². The highest BCUT2D eigenvalue weighted by atomic mass is 79.9. The maximum absolute atomic E-state index is 12.2. The highest BCUT2D eigenvalue weighted by molar-refractivity contribution is 9.10. The van der Waals surface area contributed by atoms with E-state index >= 15 is 0 Å². The lowest BCUT2D eigenvalue weighted by Crippen LogP contribution is -2.30. The van der Waals surface area contributed by atoms with Crippen molar-refractivity contribution in [3.63, 3.8) is 0 Å². The van der Waals surface area contributed by atoms with Gasteiger partial charge < -0.3 is 10.6 Å². The van der Waals surface area contributed by atoms with Crippen molar-refractivity contribution in [3.8, 4) is 0 Å². The van der Waals surface area contributed by atoms with E-state index in [0.717, 1.165) is 10.9 Å². The number of hydrogen-bond donors (Lipinski definition) is 1. The van der Waals surface area contributed by atoms with Crippen molar-refractivity contribution in [2.45, 2.75) is 33.2 Å². The van der Waals surface area contributed by atoms with Crippen molar-refractivity contribution in [1.29, 1.82) is 0 Å². The first kappa shape index (κ1) is 16.7. The summed E-state index contributed by atoms with van der Waals surface area (Å²) >= 11 is 5.09. The molecule has 108 valence electrons. The molecule has 3 nitrogen and oxygen atoms in total. The van der Waals surface area contributed by atoms with Crippen molar-refractivity contribution in [3.05, 3.63) is 20.8 Å². The molecule has 1 rings (SSSR count). The molecule has 5 heteroatoms. The van der Waals surface area contributed by atoms with Gasteiger partial charge in [-0.2, -0.15) is 0 Å². The predicted octanol–water partition coefficient (Wildman–Crippen LogP) is 3.48. The number of nitrogens with zero attached hydrogens (tertiary/aromatic N) is 1. The molecule has 0 fully saturated rings. The summed E-state index contributed by atoms with van der Waals surface area (Å²) in [7, 11) is 1.86. The number of nitrogens with two attached hydrogens (primary N) is 1. The zero-order chi connectivity index (χ0) is 14.4. The molecule has 0 aliphatic heterocycles. The van der Waals surface area contributed by atoms with Gasteiger partial charge in [-0.3, -0.25) is 4.79 Å². The van der Waals surface area contributed by atoms with E-state index < -0.39 is 0 Å². The highest BCUT2D eigenvalue weighted by Crippen LogP contribution is 2.22. The molecule has 0 radical (unpaired) electrons. The Bertz CT molecular complexity index is 406. The lowest BCUT2D eigenvalue weighted by Gasteiger charge is -2.21. The minimum Gasteiger partial charge on any atom is -0.341 e. The normalized spacial score (nSPS) is 12.7. The molecule has 0 saturated carbocycles. The van der Waals surface area contributed by atoms with E-state index in [0.29, 0.717) is 31.3 Å². The van der Waals surface area contributed by atoms with Crippen LogP contribution in [0.5, 0.6) is 0 Å². The average Bonchev–Trinajstić information content (AvgIpc) is 2.73. The monoisotopic (exact) mass is 346 g/mol. The van der Waals surface area contributed by atoms with Crippen LogP contribution in [-0.2, 0) is 11.3 Å². The number of halogens is 1. The van der Waals surface area contributed by atoms with Crippen molar-refractivity contribution in [1.82, 2.24) is 4.90 Å². The van der Waals surface area contributed by atoms with E-state index in [1.807, 2.05) is 12.4 Å². The molecule has 0 bridgehead atoms. The van der Waals surface area contributed by atoms with Crippen molar-refractivity contribution < 1.29 is 4.79 Å². The maximum Gasteiger partial charge on any atom is 0.222 e. The van der Waals surface area contributed by atoms with E-state index in [9.17, 15) is 4.79 Å². The lowest BCUT2D eigenvalue weighted by molar-refractivity contribution is -0.131. The number of carbonyl (C=O) groups is 1. The smallest absolute Gasteiger partial charge is 0.222 e. The van der Waals surface area contributed by atoms with Crippen LogP contribution in [0.4, 0.5) is 0 Å². The van der Waals surface area contributed by atoms with Gasteiger partial charge in [-0.05, 0) is 46.8 Å². The van der Waals surface area contributed by atoms with Crippen molar-refractivity contribution in [2.75, 3.05) is 13.6 Å². The SMILES string of the molecule is CC(C)CC(CN)CC(=O)N(C)Cc1cc(Br)cs1. The Morgan fingerprint density at radius 1 is 1.53 bits per heavy atom. The summed E-state index contributed by atoms with van der Waals surface area (Å²) in [6.45, 7) is 5.59. The van der Waals surface area contributed by atoms with Gasteiger partial charge in [0.1, 0.15) is 0 Å². The Kier molecular flexibility index (Phi) is 7.04. The Balaban J connectivity index is 2.47. The molecule has 1 unspecified atom stereocenters. The molecule has 2 N–H and O–H groups in total. The Morgan fingerprint density at radius 3 is 2.68 bits per heavy atom. The van der Waals surface area contributed by atoms with Gasteiger partial charge in [0.25, 0.3) is 0 Å². The summed E-state index contributed by atoms with van der Waals surface area (Å²) < 4.78 is 1.08. The molecule has 1 heterocycles. The third-order valence-corrected chi connectivity index (χ3v) is 4.72. The number of hydrogen-bond acceptors (Lipinski definition) is 3. The van der Waals surface area contributed by atoms with E-state index in [1.54, 1.807) is 16.2 Å². The van der Waals surface area contributed by atoms with Crippen LogP contribution in [0.1, 0.15) is 31.6 Å². The molecular weight excluding hydrogens is 324 g/mol. The molecule has 0 aliphatic carbocycles. The number of carbonyl (C=O) groups excluding carboxylic acids is 1. The van der Waals surface area contributed by atoms with E-state index in [2.05, 4.69) is 35.8 Å².